The molecule has 4 aromatic rings. The van der Waals surface area contributed by atoms with Crippen LogP contribution < -0.4 is 16.4 Å². The molecule has 32 heavy (non-hydrogen) atoms. The number of amides is 1. The number of hydrogen-bond acceptors (Lipinski definition) is 7. The van der Waals surface area contributed by atoms with E-state index in [1.807, 2.05) is 13.0 Å². The molecule has 0 unspecified atom stereocenters. The van der Waals surface area contributed by atoms with Crippen molar-refractivity contribution in [2.45, 2.75) is 52.0 Å². The highest BCUT2D eigenvalue weighted by Gasteiger charge is 2.24. The number of rotatable bonds is 3. The lowest BCUT2D eigenvalue weighted by molar-refractivity contribution is 0.102. The van der Waals surface area contributed by atoms with Crippen LogP contribution in [-0.4, -0.2) is 30.1 Å². The quantitative estimate of drug-likeness (QED) is 0.465. The van der Waals surface area contributed by atoms with Crippen molar-refractivity contribution in [2.75, 3.05) is 5.32 Å². The molecule has 1 saturated carbocycles. The second kappa shape index (κ2) is 7.94. The maximum absolute atomic E-state index is 13.4. The highest BCUT2D eigenvalue weighted by Crippen LogP contribution is 2.29. The second-order valence-electron chi connectivity index (χ2n) is 8.19. The fourth-order valence-electron chi connectivity index (χ4n) is 4.44. The monoisotopic (exact) mass is 449 g/mol. The van der Waals surface area contributed by atoms with Gasteiger partial charge in [-0.25, -0.2) is 4.98 Å². The normalized spacial score (nSPS) is 14.8. The van der Waals surface area contributed by atoms with Crippen molar-refractivity contribution in [1.29, 1.82) is 5.41 Å². The average molecular weight is 450 g/mol. The van der Waals surface area contributed by atoms with Crippen LogP contribution in [0.25, 0.3) is 16.7 Å². The summed E-state index contributed by atoms with van der Waals surface area (Å²) >= 11 is 1.26. The number of hydrogen-bond donors (Lipinski definition) is 2. The number of carbonyl (C=O) groups is 1. The van der Waals surface area contributed by atoms with Gasteiger partial charge in [0.15, 0.2) is 0 Å². The molecule has 0 atom stereocenters. The van der Waals surface area contributed by atoms with Gasteiger partial charge in [-0.1, -0.05) is 36.7 Å². The topological polar surface area (TPSA) is 118 Å². The van der Waals surface area contributed by atoms with Gasteiger partial charge in [0.1, 0.15) is 21.8 Å². The molecule has 0 bridgehead atoms. The van der Waals surface area contributed by atoms with Gasteiger partial charge < -0.3 is 4.57 Å². The van der Waals surface area contributed by atoms with Crippen LogP contribution in [0, 0.1) is 19.3 Å². The van der Waals surface area contributed by atoms with E-state index >= 15 is 0 Å². The standard InChI is InChI=1S/C22H23N7O2S/c1-12-7-6-10-28-18(12)24-19-16(21(28)31)11-15(20(30)25-22-27-26-13(2)32-22)17(23)29(19)14-8-4-3-5-9-14/h6-7,10-11,14,23H,3-5,8-9H2,1-2H3,(H,25,27,30). The zero-order valence-corrected chi connectivity index (χ0v) is 18.7. The number of anilines is 1. The highest BCUT2D eigenvalue weighted by atomic mass is 32.1. The van der Waals surface area contributed by atoms with E-state index in [0.717, 1.165) is 42.7 Å². The van der Waals surface area contributed by atoms with Crippen molar-refractivity contribution in [3.05, 3.63) is 56.4 Å². The van der Waals surface area contributed by atoms with E-state index in [-0.39, 0.29) is 22.7 Å². The third-order valence-corrected chi connectivity index (χ3v) is 6.76. The van der Waals surface area contributed by atoms with Crippen molar-refractivity contribution in [3.8, 4) is 0 Å². The minimum Gasteiger partial charge on any atom is -0.307 e. The predicted octanol–water partition coefficient (Wildman–Crippen LogP) is 3.35. The third-order valence-electron chi connectivity index (χ3n) is 6.01. The Morgan fingerprint density at radius 1 is 1.19 bits per heavy atom. The van der Waals surface area contributed by atoms with Crippen molar-refractivity contribution < 1.29 is 4.79 Å². The van der Waals surface area contributed by atoms with Gasteiger partial charge in [-0.15, -0.1) is 10.2 Å². The Labute approximate surface area is 187 Å². The molecule has 1 aliphatic rings. The molecule has 0 saturated heterocycles. The Bertz CT molecular complexity index is 1480. The van der Waals surface area contributed by atoms with Gasteiger partial charge in [0.25, 0.3) is 11.5 Å². The molecule has 1 amide bonds. The maximum Gasteiger partial charge on any atom is 0.267 e. The van der Waals surface area contributed by atoms with Crippen LogP contribution in [0.5, 0.6) is 0 Å². The molecule has 0 aromatic carbocycles. The molecule has 4 heterocycles. The maximum atomic E-state index is 13.4. The summed E-state index contributed by atoms with van der Waals surface area (Å²) in [6.07, 6.45) is 6.70. The number of pyridine rings is 2. The summed E-state index contributed by atoms with van der Waals surface area (Å²) < 4.78 is 3.30. The number of nitrogens with zero attached hydrogens (tertiary/aromatic N) is 5. The zero-order chi connectivity index (χ0) is 22.4. The summed E-state index contributed by atoms with van der Waals surface area (Å²) in [5, 5.41) is 20.9. The summed E-state index contributed by atoms with van der Waals surface area (Å²) in [4.78, 5) is 31.4. The Morgan fingerprint density at radius 2 is 1.97 bits per heavy atom. The summed E-state index contributed by atoms with van der Waals surface area (Å²) in [6, 6.07) is 5.22. The molecule has 9 nitrogen and oxygen atoms in total. The van der Waals surface area contributed by atoms with Gasteiger partial charge in [0.05, 0.1) is 10.9 Å². The van der Waals surface area contributed by atoms with Crippen molar-refractivity contribution in [3.63, 3.8) is 0 Å². The first-order valence-electron chi connectivity index (χ1n) is 10.7. The van der Waals surface area contributed by atoms with E-state index in [1.165, 1.54) is 21.8 Å². The Kier molecular flexibility index (Phi) is 5.09. The number of aromatic nitrogens is 5. The molecule has 0 radical (unpaired) electrons. The summed E-state index contributed by atoms with van der Waals surface area (Å²) in [5.41, 5.74) is 1.84. The van der Waals surface area contributed by atoms with Gasteiger partial charge in [-0.2, -0.15) is 0 Å². The molecule has 10 heteroatoms. The predicted molar refractivity (Wildman–Crippen MR) is 122 cm³/mol. The molecule has 1 aliphatic carbocycles. The zero-order valence-electron chi connectivity index (χ0n) is 17.9. The molecule has 1 fully saturated rings. The average Bonchev–Trinajstić information content (AvgIpc) is 3.19. The smallest absolute Gasteiger partial charge is 0.267 e. The summed E-state index contributed by atoms with van der Waals surface area (Å²) in [7, 11) is 0. The number of aryl methyl sites for hydroxylation is 2. The molecular weight excluding hydrogens is 426 g/mol. The van der Waals surface area contributed by atoms with Crippen LogP contribution in [0.15, 0.2) is 29.2 Å². The lowest BCUT2D eigenvalue weighted by Crippen LogP contribution is -2.35. The third kappa shape index (κ3) is 3.40. The van der Waals surface area contributed by atoms with Crippen LogP contribution in [0.2, 0.25) is 0 Å². The Hall–Kier alpha value is -3.40. The van der Waals surface area contributed by atoms with E-state index < -0.39 is 5.91 Å². The Balaban J connectivity index is 1.78. The molecule has 0 spiro atoms. The van der Waals surface area contributed by atoms with Gasteiger partial charge in [-0.05, 0) is 44.4 Å². The first kappa shape index (κ1) is 20.5. The van der Waals surface area contributed by atoms with Gasteiger partial charge in [0, 0.05) is 12.2 Å². The molecule has 5 rings (SSSR count). The van der Waals surface area contributed by atoms with Gasteiger partial charge in [0.2, 0.25) is 5.13 Å². The van der Waals surface area contributed by atoms with Crippen LogP contribution in [-0.2, 0) is 0 Å². The molecular formula is C22H23N7O2S. The van der Waals surface area contributed by atoms with Crippen molar-refractivity contribution >= 4 is 39.1 Å². The largest absolute Gasteiger partial charge is 0.307 e. The molecule has 164 valence electrons. The minimum atomic E-state index is -0.480. The first-order chi connectivity index (χ1) is 15.4. The van der Waals surface area contributed by atoms with Crippen LogP contribution >= 0.6 is 11.3 Å². The lowest BCUT2D eigenvalue weighted by atomic mass is 9.94. The van der Waals surface area contributed by atoms with Gasteiger partial charge in [-0.3, -0.25) is 24.7 Å². The van der Waals surface area contributed by atoms with Gasteiger partial charge >= 0.3 is 0 Å². The van der Waals surface area contributed by atoms with E-state index in [1.54, 1.807) is 23.8 Å². The van der Waals surface area contributed by atoms with Crippen LogP contribution in [0.3, 0.4) is 0 Å². The SMILES string of the molecule is Cc1nnc(NC(=O)c2cc3c(=O)n4cccc(C)c4nc3n(C3CCCCC3)c2=N)s1. The lowest BCUT2D eigenvalue weighted by Gasteiger charge is -2.26. The van der Waals surface area contributed by atoms with Crippen molar-refractivity contribution in [1.82, 2.24) is 24.1 Å². The number of carbonyl (C=O) groups excluding carboxylic acids is 1. The Morgan fingerprint density at radius 3 is 2.69 bits per heavy atom. The highest BCUT2D eigenvalue weighted by molar-refractivity contribution is 7.15. The van der Waals surface area contributed by atoms with E-state index in [4.69, 9.17) is 10.4 Å². The minimum absolute atomic E-state index is 0.0219. The fourth-order valence-corrected chi connectivity index (χ4v) is 5.02. The summed E-state index contributed by atoms with van der Waals surface area (Å²) in [5.74, 6) is -0.480. The van der Waals surface area contributed by atoms with E-state index in [9.17, 15) is 9.59 Å². The van der Waals surface area contributed by atoms with E-state index in [0.29, 0.717) is 21.8 Å². The van der Waals surface area contributed by atoms with Crippen LogP contribution in [0.4, 0.5) is 5.13 Å². The van der Waals surface area contributed by atoms with Crippen molar-refractivity contribution in [2.24, 2.45) is 0 Å². The number of nitrogens with one attached hydrogen (secondary N) is 2. The summed E-state index contributed by atoms with van der Waals surface area (Å²) in [6.45, 7) is 3.71. The molecule has 0 aliphatic heterocycles. The van der Waals surface area contributed by atoms with Crippen LogP contribution in [0.1, 0.15) is 59.1 Å². The first-order valence-corrected chi connectivity index (χ1v) is 11.5. The van der Waals surface area contributed by atoms with E-state index in [2.05, 4.69) is 15.5 Å². The second-order valence-corrected chi connectivity index (χ2v) is 9.37. The molecule has 4 aromatic heterocycles. The number of fused-ring (bicyclic) bond motifs is 2. The fraction of sp³-hybridized carbons (Fsp3) is 0.364. The molecule has 2 N–H and O–H groups in total.